The number of hydrogen-bond acceptors (Lipinski definition) is 6. The first-order valence-electron chi connectivity index (χ1n) is 6.42. The van der Waals surface area contributed by atoms with Gasteiger partial charge in [0.2, 0.25) is 0 Å². The molecule has 114 valence electrons. The SMILES string of the molecule is COC(=O)c1ccccc1C(=O)OCc1cnc(C(C)=O)[nH]1. The molecule has 22 heavy (non-hydrogen) atoms. The van der Waals surface area contributed by atoms with Crippen molar-refractivity contribution >= 4 is 17.7 Å². The van der Waals surface area contributed by atoms with Crippen LogP contribution in [-0.4, -0.2) is 34.8 Å². The van der Waals surface area contributed by atoms with E-state index < -0.39 is 11.9 Å². The molecule has 2 rings (SSSR count). The highest BCUT2D eigenvalue weighted by molar-refractivity contribution is 6.03. The highest BCUT2D eigenvalue weighted by Gasteiger charge is 2.18. The van der Waals surface area contributed by atoms with Gasteiger partial charge in [-0.15, -0.1) is 0 Å². The van der Waals surface area contributed by atoms with Crippen molar-refractivity contribution in [2.45, 2.75) is 13.5 Å². The number of aromatic amines is 1. The molecule has 1 aromatic carbocycles. The van der Waals surface area contributed by atoms with E-state index in [2.05, 4.69) is 14.7 Å². The maximum atomic E-state index is 12.1. The van der Waals surface area contributed by atoms with Crippen LogP contribution >= 0.6 is 0 Å². The highest BCUT2D eigenvalue weighted by atomic mass is 16.5. The molecule has 7 nitrogen and oxygen atoms in total. The number of carbonyl (C=O) groups excluding carboxylic acids is 3. The first kappa shape index (κ1) is 15.4. The average molecular weight is 302 g/mol. The molecule has 0 radical (unpaired) electrons. The molecule has 2 aromatic rings. The fourth-order valence-corrected chi connectivity index (χ4v) is 1.78. The van der Waals surface area contributed by atoms with Gasteiger partial charge < -0.3 is 14.5 Å². The zero-order valence-corrected chi connectivity index (χ0v) is 12.1. The number of imidazole rings is 1. The van der Waals surface area contributed by atoms with Gasteiger partial charge in [0.15, 0.2) is 11.6 Å². The molecule has 1 N–H and O–H groups in total. The number of ketones is 1. The predicted octanol–water partition coefficient (Wildman–Crippen LogP) is 1.76. The summed E-state index contributed by atoms with van der Waals surface area (Å²) in [5.41, 5.74) is 0.721. The number of H-pyrrole nitrogens is 1. The molecule has 0 saturated heterocycles. The molecular weight excluding hydrogens is 288 g/mol. The van der Waals surface area contributed by atoms with E-state index in [9.17, 15) is 14.4 Å². The Bertz CT molecular complexity index is 720. The quantitative estimate of drug-likeness (QED) is 0.667. The zero-order valence-electron chi connectivity index (χ0n) is 12.1. The van der Waals surface area contributed by atoms with Gasteiger partial charge in [-0.1, -0.05) is 12.1 Å². The van der Waals surface area contributed by atoms with Gasteiger partial charge in [-0.25, -0.2) is 14.6 Å². The van der Waals surface area contributed by atoms with Crippen LogP contribution in [0.4, 0.5) is 0 Å². The lowest BCUT2D eigenvalue weighted by Crippen LogP contribution is -2.13. The molecule has 0 atom stereocenters. The van der Waals surface area contributed by atoms with Crippen LogP contribution in [0.15, 0.2) is 30.5 Å². The Kier molecular flexibility index (Phi) is 4.67. The van der Waals surface area contributed by atoms with E-state index in [1.54, 1.807) is 12.1 Å². The molecule has 7 heteroatoms. The van der Waals surface area contributed by atoms with E-state index >= 15 is 0 Å². The molecule has 0 bridgehead atoms. The number of benzene rings is 1. The van der Waals surface area contributed by atoms with Crippen molar-refractivity contribution < 1.29 is 23.9 Å². The number of aromatic nitrogens is 2. The summed E-state index contributed by atoms with van der Waals surface area (Å²) < 4.78 is 9.73. The van der Waals surface area contributed by atoms with Gasteiger partial charge in [0.1, 0.15) is 6.61 Å². The third-order valence-electron chi connectivity index (χ3n) is 2.87. The molecule has 0 spiro atoms. The van der Waals surface area contributed by atoms with Gasteiger partial charge in [-0.3, -0.25) is 4.79 Å². The van der Waals surface area contributed by atoms with Gasteiger partial charge in [0.05, 0.1) is 30.1 Å². The second-order valence-electron chi connectivity index (χ2n) is 4.43. The molecule has 0 fully saturated rings. The molecule has 0 aliphatic carbocycles. The summed E-state index contributed by atoms with van der Waals surface area (Å²) in [6.07, 6.45) is 1.41. The van der Waals surface area contributed by atoms with Crippen LogP contribution in [0.25, 0.3) is 0 Å². The maximum Gasteiger partial charge on any atom is 0.339 e. The number of carbonyl (C=O) groups is 3. The standard InChI is InChI=1S/C15H14N2O5/c1-9(18)13-16-7-10(17-13)8-22-15(20)12-6-4-3-5-11(12)14(19)21-2/h3-7H,8H2,1-2H3,(H,16,17). The largest absolute Gasteiger partial charge is 0.465 e. The van der Waals surface area contributed by atoms with Crippen molar-refractivity contribution in [3.05, 3.63) is 53.1 Å². The van der Waals surface area contributed by atoms with Crippen LogP contribution in [0.2, 0.25) is 0 Å². The maximum absolute atomic E-state index is 12.1. The van der Waals surface area contributed by atoms with Crippen LogP contribution in [0.3, 0.4) is 0 Å². The number of esters is 2. The average Bonchev–Trinajstić information content (AvgIpc) is 3.01. The molecule has 0 saturated carbocycles. The Hall–Kier alpha value is -2.96. The summed E-state index contributed by atoms with van der Waals surface area (Å²) in [7, 11) is 1.23. The molecule has 1 heterocycles. The van der Waals surface area contributed by atoms with Crippen LogP contribution in [0, 0.1) is 0 Å². The van der Waals surface area contributed by atoms with E-state index in [-0.39, 0.29) is 29.3 Å². The van der Waals surface area contributed by atoms with Crippen molar-refractivity contribution in [2.75, 3.05) is 7.11 Å². The number of nitrogens with zero attached hydrogens (tertiary/aromatic N) is 1. The number of hydrogen-bond donors (Lipinski definition) is 1. The molecule has 0 unspecified atom stereocenters. The van der Waals surface area contributed by atoms with E-state index in [0.29, 0.717) is 5.69 Å². The van der Waals surface area contributed by atoms with Crippen LogP contribution in [0.1, 0.15) is 44.0 Å². The number of ether oxygens (including phenoxy) is 2. The molecular formula is C15H14N2O5. The second kappa shape index (κ2) is 6.66. The Labute approximate surface area is 126 Å². The van der Waals surface area contributed by atoms with E-state index in [1.807, 2.05) is 0 Å². The summed E-state index contributed by atoms with van der Waals surface area (Å²) in [5, 5.41) is 0. The second-order valence-corrected chi connectivity index (χ2v) is 4.43. The molecule has 1 aromatic heterocycles. The Morgan fingerprint density at radius 2 is 1.77 bits per heavy atom. The fourth-order valence-electron chi connectivity index (χ4n) is 1.78. The van der Waals surface area contributed by atoms with E-state index in [4.69, 9.17) is 4.74 Å². The van der Waals surface area contributed by atoms with E-state index in [1.165, 1.54) is 32.4 Å². The lowest BCUT2D eigenvalue weighted by molar-refractivity contribution is 0.0453. The molecule has 0 amide bonds. The summed E-state index contributed by atoms with van der Waals surface area (Å²) in [6.45, 7) is 1.29. The van der Waals surface area contributed by atoms with Gasteiger partial charge in [-0.2, -0.15) is 0 Å². The third-order valence-corrected chi connectivity index (χ3v) is 2.87. The minimum atomic E-state index is -0.667. The molecule has 0 aliphatic rings. The van der Waals surface area contributed by atoms with Gasteiger partial charge in [-0.05, 0) is 12.1 Å². The van der Waals surface area contributed by atoms with Gasteiger partial charge in [0.25, 0.3) is 0 Å². The number of nitrogens with one attached hydrogen (secondary N) is 1. The van der Waals surface area contributed by atoms with Crippen LogP contribution in [-0.2, 0) is 16.1 Å². The Morgan fingerprint density at radius 3 is 2.32 bits per heavy atom. The summed E-state index contributed by atoms with van der Waals surface area (Å²) in [6, 6.07) is 6.19. The summed E-state index contributed by atoms with van der Waals surface area (Å²) in [5.74, 6) is -1.30. The van der Waals surface area contributed by atoms with Crippen molar-refractivity contribution in [3.63, 3.8) is 0 Å². The minimum Gasteiger partial charge on any atom is -0.465 e. The number of rotatable bonds is 5. The normalized spacial score (nSPS) is 10.1. The first-order chi connectivity index (χ1) is 10.5. The Balaban J connectivity index is 2.09. The minimum absolute atomic E-state index is 0.0887. The molecule has 0 aliphatic heterocycles. The predicted molar refractivity (Wildman–Crippen MR) is 75.5 cm³/mol. The van der Waals surface area contributed by atoms with Crippen molar-refractivity contribution in [2.24, 2.45) is 0 Å². The highest BCUT2D eigenvalue weighted by Crippen LogP contribution is 2.12. The smallest absolute Gasteiger partial charge is 0.339 e. The fraction of sp³-hybridized carbons (Fsp3) is 0.200. The third kappa shape index (κ3) is 3.38. The lowest BCUT2D eigenvalue weighted by Gasteiger charge is -2.07. The Morgan fingerprint density at radius 1 is 1.14 bits per heavy atom. The van der Waals surface area contributed by atoms with Crippen molar-refractivity contribution in [3.8, 4) is 0 Å². The first-order valence-corrected chi connectivity index (χ1v) is 6.42. The van der Waals surface area contributed by atoms with Gasteiger partial charge in [0, 0.05) is 6.92 Å². The van der Waals surface area contributed by atoms with Crippen molar-refractivity contribution in [1.82, 2.24) is 9.97 Å². The monoisotopic (exact) mass is 302 g/mol. The van der Waals surface area contributed by atoms with Crippen LogP contribution in [0.5, 0.6) is 0 Å². The summed E-state index contributed by atoms with van der Waals surface area (Å²) in [4.78, 5) is 41.4. The number of methoxy groups -OCH3 is 1. The van der Waals surface area contributed by atoms with Crippen LogP contribution < -0.4 is 0 Å². The van der Waals surface area contributed by atoms with Crippen molar-refractivity contribution in [1.29, 1.82) is 0 Å². The summed E-state index contributed by atoms with van der Waals surface area (Å²) >= 11 is 0. The van der Waals surface area contributed by atoms with Gasteiger partial charge >= 0.3 is 11.9 Å². The lowest BCUT2D eigenvalue weighted by atomic mass is 10.1. The number of Topliss-reactive ketones (excluding diaryl/α,β-unsaturated/α-hetero) is 1. The van der Waals surface area contributed by atoms with E-state index in [0.717, 1.165) is 0 Å². The zero-order chi connectivity index (χ0) is 16.1. The topological polar surface area (TPSA) is 98.3 Å².